The van der Waals surface area contributed by atoms with E-state index in [0.717, 1.165) is 32.9 Å². The highest BCUT2D eigenvalue weighted by Gasteiger charge is 2.08. The minimum atomic E-state index is 0.559. The van der Waals surface area contributed by atoms with Gasteiger partial charge in [-0.1, -0.05) is 11.6 Å². The van der Waals surface area contributed by atoms with Gasteiger partial charge in [-0.2, -0.15) is 0 Å². The number of nitrogens with one attached hydrogen (secondary N) is 1. The van der Waals surface area contributed by atoms with Crippen molar-refractivity contribution in [2.24, 2.45) is 0 Å². The van der Waals surface area contributed by atoms with Gasteiger partial charge in [-0.3, -0.25) is 0 Å². The van der Waals surface area contributed by atoms with Crippen LogP contribution in [-0.2, 0) is 6.54 Å². The first-order valence-corrected chi connectivity index (χ1v) is 7.65. The Bertz CT molecular complexity index is 788. The van der Waals surface area contributed by atoms with Gasteiger partial charge >= 0.3 is 0 Å². The Kier molecular flexibility index (Phi) is 3.94. The normalized spacial score (nSPS) is 10.8. The number of halogens is 1. The number of nitrogens with zero attached hydrogens (tertiary/aromatic N) is 2. The molecule has 1 aromatic carbocycles. The Morgan fingerprint density at radius 3 is 2.86 bits per heavy atom. The van der Waals surface area contributed by atoms with Gasteiger partial charge in [0.1, 0.15) is 11.3 Å². The number of fused-ring (bicyclic) bond motifs is 1. The number of pyridine rings is 1. The summed E-state index contributed by atoms with van der Waals surface area (Å²) in [6, 6.07) is 7.98. The Labute approximate surface area is 131 Å². The van der Waals surface area contributed by atoms with Crippen LogP contribution in [0.3, 0.4) is 0 Å². The predicted molar refractivity (Wildman–Crippen MR) is 87.5 cm³/mol. The lowest BCUT2D eigenvalue weighted by atomic mass is 10.1. The van der Waals surface area contributed by atoms with Gasteiger partial charge in [0.05, 0.1) is 13.7 Å². The van der Waals surface area contributed by atoms with Crippen molar-refractivity contribution in [1.29, 1.82) is 0 Å². The molecule has 108 valence electrons. The molecule has 1 N–H and O–H groups in total. The maximum atomic E-state index is 5.85. The Balaban J connectivity index is 1.95. The largest absolute Gasteiger partial charge is 0.494 e. The molecule has 3 aromatic rings. The molecule has 0 bridgehead atoms. The summed E-state index contributed by atoms with van der Waals surface area (Å²) < 4.78 is 5.95. The van der Waals surface area contributed by atoms with Crippen molar-refractivity contribution >= 4 is 39.5 Å². The maximum Gasteiger partial charge on any atom is 0.183 e. The first-order chi connectivity index (χ1) is 10.2. The summed E-state index contributed by atoms with van der Waals surface area (Å²) in [5.74, 6) is 0.778. The van der Waals surface area contributed by atoms with Gasteiger partial charge in [0.15, 0.2) is 4.47 Å². The smallest absolute Gasteiger partial charge is 0.183 e. The standard InChI is InChI=1S/C15H14ClN3OS/c1-9-3-4-11-12(5-6-13(20-2)14(11)19-9)17-7-10-8-18-15(16)21-10/h3-6,8,17H,7H2,1-2H3. The van der Waals surface area contributed by atoms with Crippen LogP contribution in [0.25, 0.3) is 10.9 Å². The molecular weight excluding hydrogens is 306 g/mol. The molecule has 0 saturated carbocycles. The number of benzene rings is 1. The van der Waals surface area contributed by atoms with Crippen LogP contribution in [0.5, 0.6) is 5.75 Å². The number of hydrogen-bond donors (Lipinski definition) is 1. The summed E-state index contributed by atoms with van der Waals surface area (Å²) >= 11 is 7.32. The fourth-order valence-electron chi connectivity index (χ4n) is 2.16. The van der Waals surface area contributed by atoms with Crippen LogP contribution in [0.15, 0.2) is 30.5 Å². The maximum absolute atomic E-state index is 5.85. The van der Waals surface area contributed by atoms with Gasteiger partial charge < -0.3 is 10.1 Å². The zero-order valence-electron chi connectivity index (χ0n) is 11.7. The van der Waals surface area contributed by atoms with E-state index in [2.05, 4.69) is 21.4 Å². The van der Waals surface area contributed by atoms with Crippen molar-refractivity contribution in [3.63, 3.8) is 0 Å². The van der Waals surface area contributed by atoms with Crippen molar-refractivity contribution in [3.05, 3.63) is 45.5 Å². The molecule has 0 amide bonds. The monoisotopic (exact) mass is 319 g/mol. The number of aryl methyl sites for hydroxylation is 1. The zero-order chi connectivity index (χ0) is 14.8. The predicted octanol–water partition coefficient (Wildman–Crippen LogP) is 4.27. The molecule has 2 aromatic heterocycles. The fourth-order valence-corrected chi connectivity index (χ4v) is 3.07. The minimum absolute atomic E-state index is 0.559. The second-order valence-corrected chi connectivity index (χ2v) is 6.29. The molecule has 3 rings (SSSR count). The Morgan fingerprint density at radius 2 is 2.14 bits per heavy atom. The molecule has 0 atom stereocenters. The first kappa shape index (κ1) is 14.1. The van der Waals surface area contributed by atoms with Crippen LogP contribution in [-0.4, -0.2) is 17.1 Å². The van der Waals surface area contributed by atoms with Crippen molar-refractivity contribution in [3.8, 4) is 5.75 Å². The molecule has 21 heavy (non-hydrogen) atoms. The number of methoxy groups -OCH3 is 1. The average Bonchev–Trinajstić information content (AvgIpc) is 2.90. The van der Waals surface area contributed by atoms with Gasteiger partial charge in [-0.25, -0.2) is 9.97 Å². The lowest BCUT2D eigenvalue weighted by molar-refractivity contribution is 0.419. The third kappa shape index (κ3) is 2.94. The summed E-state index contributed by atoms with van der Waals surface area (Å²) in [5, 5.41) is 4.44. The van der Waals surface area contributed by atoms with E-state index in [0.29, 0.717) is 11.0 Å². The van der Waals surface area contributed by atoms with E-state index in [1.165, 1.54) is 11.3 Å². The molecule has 6 heteroatoms. The summed E-state index contributed by atoms with van der Waals surface area (Å²) in [5.41, 5.74) is 2.85. The zero-order valence-corrected chi connectivity index (χ0v) is 13.3. The van der Waals surface area contributed by atoms with Crippen molar-refractivity contribution in [1.82, 2.24) is 9.97 Å². The first-order valence-electron chi connectivity index (χ1n) is 6.46. The third-order valence-corrected chi connectivity index (χ3v) is 4.27. The Morgan fingerprint density at radius 1 is 1.29 bits per heavy atom. The molecule has 0 spiro atoms. The van der Waals surface area contributed by atoms with Crippen LogP contribution >= 0.6 is 22.9 Å². The van der Waals surface area contributed by atoms with Gasteiger partial charge in [0.2, 0.25) is 0 Å². The number of rotatable bonds is 4. The SMILES string of the molecule is COc1ccc(NCc2cnc(Cl)s2)c2ccc(C)nc12. The molecule has 0 saturated heterocycles. The van der Waals surface area contributed by atoms with E-state index in [-0.39, 0.29) is 0 Å². The van der Waals surface area contributed by atoms with Crippen molar-refractivity contribution in [2.45, 2.75) is 13.5 Å². The number of hydrogen-bond acceptors (Lipinski definition) is 5. The van der Waals surface area contributed by atoms with E-state index >= 15 is 0 Å². The summed E-state index contributed by atoms with van der Waals surface area (Å²) in [4.78, 5) is 9.70. The summed E-state index contributed by atoms with van der Waals surface area (Å²) in [6.07, 6.45) is 1.79. The molecule has 0 fully saturated rings. The fraction of sp³-hybridized carbons (Fsp3) is 0.200. The summed E-state index contributed by atoms with van der Waals surface area (Å²) in [6.45, 7) is 2.65. The van der Waals surface area contributed by atoms with Crippen LogP contribution in [0.4, 0.5) is 5.69 Å². The number of thiazole rings is 1. The molecule has 0 unspecified atom stereocenters. The molecule has 2 heterocycles. The van der Waals surface area contributed by atoms with Crippen molar-refractivity contribution in [2.75, 3.05) is 12.4 Å². The second kappa shape index (κ2) is 5.87. The van der Waals surface area contributed by atoms with Crippen LogP contribution in [0.1, 0.15) is 10.6 Å². The van der Waals surface area contributed by atoms with Crippen LogP contribution in [0, 0.1) is 6.92 Å². The van der Waals surface area contributed by atoms with E-state index < -0.39 is 0 Å². The molecular formula is C15H14ClN3OS. The summed E-state index contributed by atoms with van der Waals surface area (Å²) in [7, 11) is 1.66. The molecule has 0 aliphatic rings. The highest BCUT2D eigenvalue weighted by Crippen LogP contribution is 2.31. The highest BCUT2D eigenvalue weighted by atomic mass is 35.5. The van der Waals surface area contributed by atoms with Gasteiger partial charge in [-0.15, -0.1) is 11.3 Å². The van der Waals surface area contributed by atoms with Crippen LogP contribution in [0.2, 0.25) is 4.47 Å². The van der Waals surface area contributed by atoms with E-state index in [9.17, 15) is 0 Å². The number of anilines is 1. The van der Waals surface area contributed by atoms with Gasteiger partial charge in [-0.05, 0) is 31.2 Å². The molecule has 0 radical (unpaired) electrons. The average molecular weight is 320 g/mol. The topological polar surface area (TPSA) is 47.0 Å². The highest BCUT2D eigenvalue weighted by molar-refractivity contribution is 7.15. The van der Waals surface area contributed by atoms with Crippen molar-refractivity contribution < 1.29 is 4.74 Å². The second-order valence-electron chi connectivity index (χ2n) is 4.60. The van der Waals surface area contributed by atoms with E-state index in [1.807, 2.05) is 25.1 Å². The quantitative estimate of drug-likeness (QED) is 0.780. The van der Waals surface area contributed by atoms with Crippen LogP contribution < -0.4 is 10.1 Å². The number of ether oxygens (including phenoxy) is 1. The molecule has 0 aliphatic heterocycles. The van der Waals surface area contributed by atoms with E-state index in [4.69, 9.17) is 16.3 Å². The van der Waals surface area contributed by atoms with Gasteiger partial charge in [0.25, 0.3) is 0 Å². The van der Waals surface area contributed by atoms with Gasteiger partial charge in [0, 0.05) is 27.8 Å². The third-order valence-electron chi connectivity index (χ3n) is 3.16. The lowest BCUT2D eigenvalue weighted by Gasteiger charge is -2.11. The molecule has 4 nitrogen and oxygen atoms in total. The minimum Gasteiger partial charge on any atom is -0.494 e. The Hall–Kier alpha value is -1.85. The number of aromatic nitrogens is 2. The lowest BCUT2D eigenvalue weighted by Crippen LogP contribution is -2.00. The molecule has 0 aliphatic carbocycles. The van der Waals surface area contributed by atoms with E-state index in [1.54, 1.807) is 13.3 Å².